The number of hydrogen-bond donors (Lipinski definition) is 2. The van der Waals surface area contributed by atoms with Crippen molar-refractivity contribution in [3.8, 4) is 0 Å². The summed E-state index contributed by atoms with van der Waals surface area (Å²) in [4.78, 5) is 11.4. The van der Waals surface area contributed by atoms with Crippen LogP contribution in [0.25, 0.3) is 0 Å². The molecule has 1 amide bonds. The van der Waals surface area contributed by atoms with Crippen LogP contribution < -0.4 is 10.0 Å². The van der Waals surface area contributed by atoms with Gasteiger partial charge in [-0.15, -0.1) is 0 Å². The average Bonchev–Trinajstić information content (AvgIpc) is 2.65. The maximum atomic E-state index is 14.0. The van der Waals surface area contributed by atoms with Crippen molar-refractivity contribution in [2.45, 2.75) is 43.3 Å². The maximum absolute atomic E-state index is 14.0. The fourth-order valence-electron chi connectivity index (χ4n) is 2.85. The third-order valence-electron chi connectivity index (χ3n) is 4.51. The van der Waals surface area contributed by atoms with Gasteiger partial charge >= 0.3 is 6.18 Å². The molecule has 1 atom stereocenters. The molecule has 0 aliphatic carbocycles. The number of nitrogens with one attached hydrogen (secondary N) is 2. The molecule has 0 bridgehead atoms. The minimum absolute atomic E-state index is 0.0159. The lowest BCUT2D eigenvalue weighted by atomic mass is 9.84. The van der Waals surface area contributed by atoms with E-state index in [1.165, 1.54) is 19.1 Å². The van der Waals surface area contributed by atoms with Crippen LogP contribution in [0.1, 0.15) is 31.9 Å². The van der Waals surface area contributed by atoms with Crippen molar-refractivity contribution >= 4 is 15.9 Å². The molecule has 0 saturated carbocycles. The summed E-state index contributed by atoms with van der Waals surface area (Å²) in [5.41, 5.74) is -1.77. The second kappa shape index (κ2) is 8.73. The van der Waals surface area contributed by atoms with E-state index in [9.17, 15) is 30.8 Å². The standard InChI is InChI=1S/C20H22F4N2O3S/c1-13(18(27)25-12-19(2,3)14-8-4-6-10-16(14)21)26-30(28,29)17-11-7-5-9-15(17)20(22,23)24/h4-11,13,26H,12H2,1-3H3,(H,25,27)/t13-/m0/s1. The topological polar surface area (TPSA) is 75.3 Å². The molecule has 30 heavy (non-hydrogen) atoms. The Bertz CT molecular complexity index is 1020. The molecule has 164 valence electrons. The van der Waals surface area contributed by atoms with E-state index in [2.05, 4.69) is 5.32 Å². The van der Waals surface area contributed by atoms with E-state index in [1.807, 2.05) is 4.72 Å². The summed E-state index contributed by atoms with van der Waals surface area (Å²) >= 11 is 0. The Morgan fingerprint density at radius 1 is 1.00 bits per heavy atom. The van der Waals surface area contributed by atoms with Crippen LogP contribution in [0.5, 0.6) is 0 Å². The Morgan fingerprint density at radius 2 is 1.53 bits per heavy atom. The van der Waals surface area contributed by atoms with Crippen molar-refractivity contribution in [2.75, 3.05) is 6.54 Å². The highest BCUT2D eigenvalue weighted by Crippen LogP contribution is 2.34. The Balaban J connectivity index is 2.12. The second-order valence-electron chi connectivity index (χ2n) is 7.42. The summed E-state index contributed by atoms with van der Waals surface area (Å²) in [5, 5.41) is 2.51. The fourth-order valence-corrected chi connectivity index (χ4v) is 4.28. The van der Waals surface area contributed by atoms with Gasteiger partial charge < -0.3 is 5.32 Å². The first-order valence-corrected chi connectivity index (χ1v) is 10.5. The molecule has 0 aromatic heterocycles. The van der Waals surface area contributed by atoms with Crippen molar-refractivity contribution in [3.05, 3.63) is 65.5 Å². The highest BCUT2D eigenvalue weighted by Gasteiger charge is 2.37. The van der Waals surface area contributed by atoms with E-state index in [4.69, 9.17) is 0 Å². The minimum atomic E-state index is -4.87. The zero-order chi connectivity index (χ0) is 22.7. The predicted octanol–water partition coefficient (Wildman–Crippen LogP) is 3.61. The maximum Gasteiger partial charge on any atom is 0.417 e. The number of amides is 1. The van der Waals surface area contributed by atoms with Crippen LogP contribution in [0, 0.1) is 5.82 Å². The number of hydrogen-bond acceptors (Lipinski definition) is 3. The van der Waals surface area contributed by atoms with Crippen LogP contribution in [-0.4, -0.2) is 26.9 Å². The van der Waals surface area contributed by atoms with Crippen molar-refractivity contribution in [1.29, 1.82) is 0 Å². The molecule has 10 heteroatoms. The molecule has 0 fully saturated rings. The molecule has 2 aromatic rings. The largest absolute Gasteiger partial charge is 0.417 e. The van der Waals surface area contributed by atoms with E-state index >= 15 is 0 Å². The highest BCUT2D eigenvalue weighted by atomic mass is 32.2. The van der Waals surface area contributed by atoms with Crippen LogP contribution in [0.2, 0.25) is 0 Å². The van der Waals surface area contributed by atoms with Crippen molar-refractivity contribution in [1.82, 2.24) is 10.0 Å². The summed E-state index contributed by atoms with van der Waals surface area (Å²) in [6.07, 6.45) is -4.87. The SMILES string of the molecule is C[C@H](NS(=O)(=O)c1ccccc1C(F)(F)F)C(=O)NCC(C)(C)c1ccccc1F. The Hall–Kier alpha value is -2.46. The number of carbonyl (C=O) groups is 1. The van der Waals surface area contributed by atoms with Crippen molar-refractivity contribution in [3.63, 3.8) is 0 Å². The van der Waals surface area contributed by atoms with Gasteiger partial charge in [0.2, 0.25) is 15.9 Å². The molecule has 0 radical (unpaired) electrons. The summed E-state index contributed by atoms with van der Waals surface area (Å²) in [7, 11) is -4.62. The Kier molecular flexibility index (Phi) is 6.93. The number of sulfonamides is 1. The van der Waals surface area contributed by atoms with Crippen LogP contribution in [0.4, 0.5) is 17.6 Å². The molecule has 0 saturated heterocycles. The number of alkyl halides is 3. The summed E-state index contributed by atoms with van der Waals surface area (Å²) < 4.78 is 80.2. The highest BCUT2D eigenvalue weighted by molar-refractivity contribution is 7.89. The molecule has 5 nitrogen and oxygen atoms in total. The molecule has 0 aliphatic heterocycles. The first kappa shape index (κ1) is 23.8. The van der Waals surface area contributed by atoms with E-state index in [0.29, 0.717) is 11.6 Å². The molecule has 2 aromatic carbocycles. The van der Waals surface area contributed by atoms with Crippen LogP contribution in [0.3, 0.4) is 0 Å². The smallest absolute Gasteiger partial charge is 0.354 e. The van der Waals surface area contributed by atoms with E-state index in [0.717, 1.165) is 18.2 Å². The molecule has 0 heterocycles. The van der Waals surface area contributed by atoms with Gasteiger partial charge in [-0.25, -0.2) is 12.8 Å². The zero-order valence-electron chi connectivity index (χ0n) is 16.5. The van der Waals surface area contributed by atoms with Gasteiger partial charge in [-0.3, -0.25) is 4.79 Å². The van der Waals surface area contributed by atoms with Gasteiger partial charge in [-0.05, 0) is 30.7 Å². The third kappa shape index (κ3) is 5.57. The molecule has 0 spiro atoms. The first-order valence-electron chi connectivity index (χ1n) is 8.97. The van der Waals surface area contributed by atoms with Crippen LogP contribution in [-0.2, 0) is 26.4 Å². The van der Waals surface area contributed by atoms with Crippen molar-refractivity contribution in [2.24, 2.45) is 0 Å². The minimum Gasteiger partial charge on any atom is -0.354 e. The predicted molar refractivity (Wildman–Crippen MR) is 104 cm³/mol. The first-order chi connectivity index (χ1) is 13.8. The molecular formula is C20H22F4N2O3S. The van der Waals surface area contributed by atoms with Gasteiger partial charge in [-0.2, -0.15) is 17.9 Å². The molecule has 0 aliphatic rings. The Labute approximate surface area is 172 Å². The molecular weight excluding hydrogens is 424 g/mol. The summed E-state index contributed by atoms with van der Waals surface area (Å²) in [5.74, 6) is -1.21. The van der Waals surface area contributed by atoms with Gasteiger partial charge in [0.15, 0.2) is 0 Å². The number of carbonyl (C=O) groups excluding carboxylic acids is 1. The summed E-state index contributed by atoms with van der Waals surface area (Å²) in [6.45, 7) is 4.58. The second-order valence-corrected chi connectivity index (χ2v) is 9.10. The quantitative estimate of drug-likeness (QED) is 0.638. The lowest BCUT2D eigenvalue weighted by Gasteiger charge is -2.27. The van der Waals surface area contributed by atoms with E-state index in [1.54, 1.807) is 26.0 Å². The van der Waals surface area contributed by atoms with E-state index < -0.39 is 49.8 Å². The fraction of sp³-hybridized carbons (Fsp3) is 0.350. The van der Waals surface area contributed by atoms with Crippen molar-refractivity contribution < 1.29 is 30.8 Å². The van der Waals surface area contributed by atoms with Gasteiger partial charge in [0.05, 0.1) is 16.5 Å². The number of benzene rings is 2. The molecule has 0 unspecified atom stereocenters. The van der Waals surface area contributed by atoms with E-state index in [-0.39, 0.29) is 6.54 Å². The van der Waals surface area contributed by atoms with Gasteiger partial charge in [0.1, 0.15) is 5.82 Å². The third-order valence-corrected chi connectivity index (χ3v) is 6.11. The van der Waals surface area contributed by atoms with Crippen LogP contribution in [0.15, 0.2) is 53.4 Å². The lowest BCUT2D eigenvalue weighted by molar-refractivity contribution is -0.139. The monoisotopic (exact) mass is 446 g/mol. The zero-order valence-corrected chi connectivity index (χ0v) is 17.4. The van der Waals surface area contributed by atoms with Gasteiger partial charge in [0.25, 0.3) is 0 Å². The van der Waals surface area contributed by atoms with Gasteiger partial charge in [-0.1, -0.05) is 44.2 Å². The Morgan fingerprint density at radius 3 is 2.10 bits per heavy atom. The van der Waals surface area contributed by atoms with Crippen LogP contribution >= 0.6 is 0 Å². The normalized spacial score (nSPS) is 13.7. The van der Waals surface area contributed by atoms with Gasteiger partial charge in [0, 0.05) is 12.0 Å². The molecule has 2 N–H and O–H groups in total. The average molecular weight is 446 g/mol. The number of halogens is 4. The number of rotatable bonds is 7. The summed E-state index contributed by atoms with van der Waals surface area (Å²) in [6, 6.07) is 8.38. The molecule has 2 rings (SSSR count). The lowest BCUT2D eigenvalue weighted by Crippen LogP contribution is -2.48.